The Hall–Kier alpha value is -0.540. The average Bonchev–Trinajstić information content (AvgIpc) is 2.26. The van der Waals surface area contributed by atoms with Gasteiger partial charge in [0, 0.05) is 10.0 Å². The Morgan fingerprint density at radius 2 is 1.94 bits per heavy atom. The summed E-state index contributed by atoms with van der Waals surface area (Å²) in [5, 5.41) is 0. The first-order valence-corrected chi connectivity index (χ1v) is 6.37. The molecule has 0 heterocycles. The van der Waals surface area contributed by atoms with E-state index in [1.54, 1.807) is 7.11 Å². The molecule has 0 aliphatic carbocycles. The van der Waals surface area contributed by atoms with Crippen LogP contribution in [0.15, 0.2) is 16.6 Å². The van der Waals surface area contributed by atoms with Crippen LogP contribution in [0.3, 0.4) is 0 Å². The molecule has 0 aliphatic rings. The zero-order chi connectivity index (χ0) is 12.3. The van der Waals surface area contributed by atoms with Crippen LogP contribution in [0.1, 0.15) is 43.7 Å². The van der Waals surface area contributed by atoms with E-state index < -0.39 is 0 Å². The van der Waals surface area contributed by atoms with Crippen LogP contribution in [0.4, 0.5) is 0 Å². The van der Waals surface area contributed by atoms with Crippen LogP contribution in [0, 0.1) is 0 Å². The minimum atomic E-state index is 0.353. The molecule has 2 nitrogen and oxygen atoms in total. The predicted octanol–water partition coefficient (Wildman–Crippen LogP) is 3.64. The Kier molecular flexibility index (Phi) is 4.81. The van der Waals surface area contributed by atoms with E-state index >= 15 is 0 Å². The highest BCUT2D eigenvalue weighted by Crippen LogP contribution is 2.36. The largest absolute Gasteiger partial charge is 0.496 e. The predicted molar refractivity (Wildman–Crippen MR) is 72.3 cm³/mol. The normalized spacial score (nSPS) is 12.9. The molecule has 90 valence electrons. The fraction of sp³-hybridized carbons (Fsp3) is 0.538. The summed E-state index contributed by atoms with van der Waals surface area (Å²) >= 11 is 3.62. The summed E-state index contributed by atoms with van der Waals surface area (Å²) in [6, 6.07) is 4.24. The monoisotopic (exact) mass is 285 g/mol. The molecule has 0 saturated heterocycles. The van der Waals surface area contributed by atoms with Crippen molar-refractivity contribution >= 4 is 15.9 Å². The second-order valence-electron chi connectivity index (χ2n) is 4.41. The number of nitrogens with two attached hydrogens (primary N) is 1. The Balaban J connectivity index is 3.26. The van der Waals surface area contributed by atoms with Crippen LogP contribution in [0.25, 0.3) is 0 Å². The van der Waals surface area contributed by atoms with Gasteiger partial charge in [0.2, 0.25) is 0 Å². The third-order valence-corrected chi connectivity index (χ3v) is 3.49. The lowest BCUT2D eigenvalue weighted by atomic mass is 9.95. The standard InChI is InChI=1S/C13H20BrNO/c1-8(2)13-11(14)5-10(9(3)7-15)6-12(13)16-4/h5-6,8-9H,7,15H2,1-4H3. The van der Waals surface area contributed by atoms with Crippen molar-refractivity contribution < 1.29 is 4.74 Å². The second kappa shape index (κ2) is 5.69. The molecule has 1 aromatic rings. The first kappa shape index (κ1) is 13.5. The van der Waals surface area contributed by atoms with E-state index in [4.69, 9.17) is 10.5 Å². The minimum Gasteiger partial charge on any atom is -0.496 e. The summed E-state index contributed by atoms with van der Waals surface area (Å²) in [4.78, 5) is 0. The zero-order valence-corrected chi connectivity index (χ0v) is 12.0. The fourth-order valence-electron chi connectivity index (χ4n) is 1.76. The summed E-state index contributed by atoms with van der Waals surface area (Å²) in [6.45, 7) is 7.09. The molecule has 0 amide bonds. The molecule has 0 aliphatic heterocycles. The van der Waals surface area contributed by atoms with E-state index in [0.29, 0.717) is 18.4 Å². The van der Waals surface area contributed by atoms with Crippen molar-refractivity contribution in [1.29, 1.82) is 0 Å². The van der Waals surface area contributed by atoms with E-state index in [9.17, 15) is 0 Å². The Bertz CT molecular complexity index is 363. The molecule has 1 unspecified atom stereocenters. The summed E-state index contributed by atoms with van der Waals surface area (Å²) in [7, 11) is 1.71. The van der Waals surface area contributed by atoms with E-state index in [1.807, 2.05) is 0 Å². The van der Waals surface area contributed by atoms with Gasteiger partial charge >= 0.3 is 0 Å². The molecule has 0 bridgehead atoms. The molecule has 3 heteroatoms. The van der Waals surface area contributed by atoms with Crippen molar-refractivity contribution in [2.75, 3.05) is 13.7 Å². The van der Waals surface area contributed by atoms with Crippen LogP contribution in [-0.4, -0.2) is 13.7 Å². The lowest BCUT2D eigenvalue weighted by molar-refractivity contribution is 0.406. The van der Waals surface area contributed by atoms with Gasteiger partial charge in [0.25, 0.3) is 0 Å². The number of ether oxygens (including phenoxy) is 1. The number of benzene rings is 1. The highest BCUT2D eigenvalue weighted by molar-refractivity contribution is 9.10. The Morgan fingerprint density at radius 1 is 1.31 bits per heavy atom. The van der Waals surface area contributed by atoms with Gasteiger partial charge in [0.15, 0.2) is 0 Å². The molecule has 1 aromatic carbocycles. The van der Waals surface area contributed by atoms with Gasteiger partial charge in [-0.1, -0.05) is 36.7 Å². The lowest BCUT2D eigenvalue weighted by Gasteiger charge is -2.18. The Labute approximate surface area is 106 Å². The van der Waals surface area contributed by atoms with Crippen LogP contribution in [0.5, 0.6) is 5.75 Å². The molecule has 0 aromatic heterocycles. The van der Waals surface area contributed by atoms with Crippen LogP contribution >= 0.6 is 15.9 Å². The number of halogens is 1. The lowest BCUT2D eigenvalue weighted by Crippen LogP contribution is -2.09. The molecule has 0 spiro atoms. The molecule has 1 atom stereocenters. The average molecular weight is 286 g/mol. The summed E-state index contributed by atoms with van der Waals surface area (Å²) < 4.78 is 6.56. The first-order chi connectivity index (χ1) is 7.51. The molecule has 2 N–H and O–H groups in total. The van der Waals surface area contributed by atoms with Gasteiger partial charge in [-0.15, -0.1) is 0 Å². The molecule has 0 saturated carbocycles. The van der Waals surface area contributed by atoms with Gasteiger partial charge in [0.05, 0.1) is 7.11 Å². The van der Waals surface area contributed by atoms with Crippen LogP contribution in [-0.2, 0) is 0 Å². The summed E-state index contributed by atoms with van der Waals surface area (Å²) in [5.74, 6) is 1.73. The SMILES string of the molecule is COc1cc(C(C)CN)cc(Br)c1C(C)C. The van der Waals surface area contributed by atoms with Crippen molar-refractivity contribution in [3.8, 4) is 5.75 Å². The van der Waals surface area contributed by atoms with Gasteiger partial charge in [-0.05, 0) is 36.1 Å². The molecular weight excluding hydrogens is 266 g/mol. The van der Waals surface area contributed by atoms with Gasteiger partial charge in [-0.3, -0.25) is 0 Å². The molecular formula is C13H20BrNO. The molecule has 1 rings (SSSR count). The van der Waals surface area contributed by atoms with Gasteiger partial charge in [-0.2, -0.15) is 0 Å². The van der Waals surface area contributed by atoms with Gasteiger partial charge < -0.3 is 10.5 Å². The smallest absolute Gasteiger partial charge is 0.123 e. The topological polar surface area (TPSA) is 35.2 Å². The molecule has 16 heavy (non-hydrogen) atoms. The van der Waals surface area contributed by atoms with E-state index in [-0.39, 0.29) is 0 Å². The first-order valence-electron chi connectivity index (χ1n) is 5.58. The van der Waals surface area contributed by atoms with E-state index in [0.717, 1.165) is 10.2 Å². The summed E-state index contributed by atoms with van der Waals surface area (Å²) in [6.07, 6.45) is 0. The maximum absolute atomic E-state index is 5.69. The fourth-order valence-corrected chi connectivity index (χ4v) is 2.68. The van der Waals surface area contributed by atoms with Crippen molar-refractivity contribution in [3.63, 3.8) is 0 Å². The molecule has 0 radical (unpaired) electrons. The van der Waals surface area contributed by atoms with Crippen molar-refractivity contribution in [2.24, 2.45) is 5.73 Å². The van der Waals surface area contributed by atoms with Gasteiger partial charge in [-0.25, -0.2) is 0 Å². The van der Waals surface area contributed by atoms with Crippen molar-refractivity contribution in [1.82, 2.24) is 0 Å². The Morgan fingerprint density at radius 3 is 2.38 bits per heavy atom. The third kappa shape index (κ3) is 2.77. The van der Waals surface area contributed by atoms with E-state index in [1.165, 1.54) is 11.1 Å². The maximum atomic E-state index is 5.69. The second-order valence-corrected chi connectivity index (χ2v) is 5.26. The number of hydrogen-bond donors (Lipinski definition) is 1. The highest BCUT2D eigenvalue weighted by atomic mass is 79.9. The highest BCUT2D eigenvalue weighted by Gasteiger charge is 2.15. The zero-order valence-electron chi connectivity index (χ0n) is 10.4. The number of rotatable bonds is 4. The minimum absolute atomic E-state index is 0.353. The van der Waals surface area contributed by atoms with Crippen molar-refractivity contribution in [3.05, 3.63) is 27.7 Å². The van der Waals surface area contributed by atoms with Crippen molar-refractivity contribution in [2.45, 2.75) is 32.6 Å². The number of methoxy groups -OCH3 is 1. The van der Waals surface area contributed by atoms with Gasteiger partial charge in [0.1, 0.15) is 5.75 Å². The summed E-state index contributed by atoms with van der Waals surface area (Å²) in [5.41, 5.74) is 8.12. The van der Waals surface area contributed by atoms with E-state index in [2.05, 4.69) is 48.8 Å². The van der Waals surface area contributed by atoms with Crippen LogP contribution < -0.4 is 10.5 Å². The molecule has 0 fully saturated rings. The quantitative estimate of drug-likeness (QED) is 0.917. The maximum Gasteiger partial charge on any atom is 0.123 e. The third-order valence-electron chi connectivity index (χ3n) is 2.83. The van der Waals surface area contributed by atoms with Crippen LogP contribution in [0.2, 0.25) is 0 Å². The number of hydrogen-bond acceptors (Lipinski definition) is 2.